The van der Waals surface area contributed by atoms with Gasteiger partial charge in [-0.2, -0.15) is 0 Å². The first kappa shape index (κ1) is 21.8. The summed E-state index contributed by atoms with van der Waals surface area (Å²) in [5, 5.41) is 4.71. The van der Waals surface area contributed by atoms with Crippen molar-refractivity contribution in [3.63, 3.8) is 0 Å². The number of piperidine rings is 1. The smallest absolute Gasteiger partial charge is 0.126 e. The van der Waals surface area contributed by atoms with Gasteiger partial charge in [0, 0.05) is 22.6 Å². The summed E-state index contributed by atoms with van der Waals surface area (Å²) in [7, 11) is 1.79. The van der Waals surface area contributed by atoms with E-state index in [1.165, 1.54) is 34.5 Å². The lowest BCUT2D eigenvalue weighted by atomic mass is 9.78. The predicted molar refractivity (Wildman–Crippen MR) is 124 cm³/mol. The maximum absolute atomic E-state index is 5.91. The fraction of sp³-hybridized carbons (Fsp3) is 0.609. The molecule has 1 fully saturated rings. The third kappa shape index (κ3) is 4.47. The van der Waals surface area contributed by atoms with Crippen LogP contribution in [0.2, 0.25) is 0 Å². The molecular formula is C23H33BrN2OS. The normalized spacial score (nSPS) is 16.4. The van der Waals surface area contributed by atoms with Crippen LogP contribution in [-0.2, 0) is 10.8 Å². The summed E-state index contributed by atoms with van der Waals surface area (Å²) in [4.78, 5) is 5.11. The number of aromatic nitrogens is 1. The van der Waals surface area contributed by atoms with Gasteiger partial charge in [-0.25, -0.2) is 4.98 Å². The molecule has 3 nitrogen and oxygen atoms in total. The zero-order valence-corrected chi connectivity index (χ0v) is 20.6. The van der Waals surface area contributed by atoms with Crippen molar-refractivity contribution >= 4 is 27.3 Å². The molecule has 1 aliphatic rings. The lowest BCUT2D eigenvalue weighted by Crippen LogP contribution is -2.26. The topological polar surface area (TPSA) is 34.1 Å². The minimum atomic E-state index is -0.0122. The maximum Gasteiger partial charge on any atom is 0.126 e. The molecule has 0 unspecified atom stereocenters. The van der Waals surface area contributed by atoms with Crippen molar-refractivity contribution in [2.24, 2.45) is 0 Å². The van der Waals surface area contributed by atoms with Crippen molar-refractivity contribution in [3.8, 4) is 17.0 Å². The van der Waals surface area contributed by atoms with Gasteiger partial charge < -0.3 is 10.1 Å². The van der Waals surface area contributed by atoms with Crippen molar-refractivity contribution in [3.05, 3.63) is 32.1 Å². The molecule has 3 rings (SSSR count). The third-order valence-corrected chi connectivity index (χ3v) is 7.34. The highest BCUT2D eigenvalue weighted by atomic mass is 79.9. The van der Waals surface area contributed by atoms with Crippen LogP contribution in [0, 0.1) is 0 Å². The number of methoxy groups -OCH3 is 1. The predicted octanol–water partition coefficient (Wildman–Crippen LogP) is 6.64. The third-order valence-electron chi connectivity index (χ3n) is 5.47. The van der Waals surface area contributed by atoms with E-state index in [9.17, 15) is 0 Å². The van der Waals surface area contributed by atoms with Crippen LogP contribution in [0.3, 0.4) is 0 Å². The number of ether oxygens (including phenoxy) is 1. The van der Waals surface area contributed by atoms with Gasteiger partial charge in [-0.3, -0.25) is 0 Å². The van der Waals surface area contributed by atoms with Crippen molar-refractivity contribution < 1.29 is 4.74 Å². The fourth-order valence-electron chi connectivity index (χ4n) is 3.84. The lowest BCUT2D eigenvalue weighted by Gasteiger charge is -2.29. The average Bonchev–Trinajstić information content (AvgIpc) is 3.01. The van der Waals surface area contributed by atoms with Gasteiger partial charge in [0.2, 0.25) is 0 Å². The Kier molecular flexibility index (Phi) is 6.29. The van der Waals surface area contributed by atoms with Crippen LogP contribution in [0.1, 0.15) is 76.4 Å². The fourth-order valence-corrected chi connectivity index (χ4v) is 5.64. The number of rotatable bonds is 3. The highest BCUT2D eigenvalue weighted by Gasteiger charge is 2.29. The largest absolute Gasteiger partial charge is 0.496 e. The minimum Gasteiger partial charge on any atom is -0.496 e. The molecule has 0 bridgehead atoms. The van der Waals surface area contributed by atoms with E-state index in [1.54, 1.807) is 18.4 Å². The summed E-state index contributed by atoms with van der Waals surface area (Å²) in [5.74, 6) is 1.58. The van der Waals surface area contributed by atoms with Crippen molar-refractivity contribution in [1.82, 2.24) is 10.3 Å². The van der Waals surface area contributed by atoms with Gasteiger partial charge in [0.05, 0.1) is 21.6 Å². The first-order valence-corrected chi connectivity index (χ1v) is 11.7. The van der Waals surface area contributed by atoms with E-state index in [4.69, 9.17) is 9.72 Å². The second-order valence-electron chi connectivity index (χ2n) is 9.80. The molecule has 5 heteroatoms. The van der Waals surface area contributed by atoms with Crippen LogP contribution in [0.5, 0.6) is 5.75 Å². The highest BCUT2D eigenvalue weighted by molar-refractivity contribution is 9.11. The molecule has 1 aliphatic heterocycles. The summed E-state index contributed by atoms with van der Waals surface area (Å²) in [5.41, 5.74) is 4.70. The van der Waals surface area contributed by atoms with Crippen LogP contribution in [0.15, 0.2) is 15.9 Å². The molecule has 1 aromatic carbocycles. The monoisotopic (exact) mass is 464 g/mol. The van der Waals surface area contributed by atoms with E-state index in [0.717, 1.165) is 28.3 Å². The van der Waals surface area contributed by atoms with E-state index in [1.807, 2.05) is 0 Å². The molecule has 1 saturated heterocycles. The molecule has 0 atom stereocenters. The van der Waals surface area contributed by atoms with Crippen LogP contribution in [-0.4, -0.2) is 25.2 Å². The number of nitrogens with zero attached hydrogens (tertiary/aromatic N) is 1. The van der Waals surface area contributed by atoms with Crippen LogP contribution in [0.4, 0.5) is 0 Å². The van der Waals surface area contributed by atoms with E-state index in [-0.39, 0.29) is 10.8 Å². The van der Waals surface area contributed by atoms with E-state index in [2.05, 4.69) is 74.9 Å². The summed E-state index contributed by atoms with van der Waals surface area (Å²) in [6.45, 7) is 15.7. The summed E-state index contributed by atoms with van der Waals surface area (Å²) < 4.78 is 7.05. The van der Waals surface area contributed by atoms with E-state index in [0.29, 0.717) is 5.92 Å². The molecule has 0 aliphatic carbocycles. The molecule has 1 aromatic heterocycles. The van der Waals surface area contributed by atoms with Crippen molar-refractivity contribution in [2.75, 3.05) is 20.2 Å². The Morgan fingerprint density at radius 1 is 1.04 bits per heavy atom. The number of thiazole rings is 1. The van der Waals surface area contributed by atoms with Crippen molar-refractivity contribution in [1.29, 1.82) is 0 Å². The van der Waals surface area contributed by atoms with E-state index < -0.39 is 0 Å². The molecule has 0 spiro atoms. The molecular weight excluding hydrogens is 432 g/mol. The minimum absolute atomic E-state index is 0.0122. The Morgan fingerprint density at radius 2 is 1.57 bits per heavy atom. The zero-order valence-electron chi connectivity index (χ0n) is 18.2. The van der Waals surface area contributed by atoms with Gasteiger partial charge in [0.1, 0.15) is 5.75 Å². The second-order valence-corrected chi connectivity index (χ2v) is 12.2. The molecule has 1 N–H and O–H groups in total. The van der Waals surface area contributed by atoms with Gasteiger partial charge in [0.15, 0.2) is 0 Å². The summed E-state index contributed by atoms with van der Waals surface area (Å²) in [6, 6.07) is 4.56. The number of halogens is 1. The Labute approximate surface area is 182 Å². The Morgan fingerprint density at radius 3 is 2.04 bits per heavy atom. The van der Waals surface area contributed by atoms with Gasteiger partial charge >= 0.3 is 0 Å². The quantitative estimate of drug-likeness (QED) is 0.552. The number of hydrogen-bond acceptors (Lipinski definition) is 4. The van der Waals surface area contributed by atoms with Crippen molar-refractivity contribution in [2.45, 2.75) is 71.1 Å². The van der Waals surface area contributed by atoms with Crippen LogP contribution in [0.25, 0.3) is 11.3 Å². The first-order chi connectivity index (χ1) is 13.0. The molecule has 154 valence electrons. The molecule has 2 aromatic rings. The van der Waals surface area contributed by atoms with Crippen LogP contribution < -0.4 is 10.1 Å². The molecule has 0 radical (unpaired) electrons. The van der Waals surface area contributed by atoms with Gasteiger partial charge in [-0.1, -0.05) is 41.5 Å². The number of benzene rings is 1. The SMILES string of the molecule is COc1c(C(C)(C)C)cc(-c2nc(C3CCNCC3)sc2Br)cc1C(C)(C)C. The average molecular weight is 466 g/mol. The Hall–Kier alpha value is -0.910. The Bertz CT molecular complexity index is 804. The van der Waals surface area contributed by atoms with Gasteiger partial charge in [-0.15, -0.1) is 11.3 Å². The highest BCUT2D eigenvalue weighted by Crippen LogP contribution is 2.45. The second kappa shape index (κ2) is 8.08. The molecule has 0 saturated carbocycles. The number of hydrogen-bond donors (Lipinski definition) is 1. The van der Waals surface area contributed by atoms with Crippen LogP contribution >= 0.6 is 27.3 Å². The summed E-state index contributed by atoms with van der Waals surface area (Å²) >= 11 is 5.61. The molecule has 2 heterocycles. The van der Waals surface area contributed by atoms with Gasteiger partial charge in [-0.05, 0) is 64.8 Å². The maximum atomic E-state index is 5.91. The lowest BCUT2D eigenvalue weighted by molar-refractivity contribution is 0.381. The Balaban J connectivity index is 2.15. The van der Waals surface area contributed by atoms with E-state index >= 15 is 0 Å². The standard InChI is InChI=1S/C23H33BrN2OS/c1-22(2,3)16-12-15(13-17(19(16)27-7)23(4,5)6)18-20(24)28-21(26-18)14-8-10-25-11-9-14/h12-14,25H,8-11H2,1-7H3. The molecule has 28 heavy (non-hydrogen) atoms. The number of nitrogens with one attached hydrogen (secondary N) is 1. The summed E-state index contributed by atoms with van der Waals surface area (Å²) in [6.07, 6.45) is 2.34. The van der Waals surface area contributed by atoms with Gasteiger partial charge in [0.25, 0.3) is 0 Å². The first-order valence-electron chi connectivity index (χ1n) is 10.1. The molecule has 0 amide bonds. The zero-order chi connectivity index (χ0) is 20.7.